The molecular formula is C19H10FN3O4S. The van der Waals surface area contributed by atoms with Gasteiger partial charge in [-0.1, -0.05) is 23.5 Å². The summed E-state index contributed by atoms with van der Waals surface area (Å²) in [7, 11) is 0. The number of benzene rings is 2. The molecule has 0 fully saturated rings. The van der Waals surface area contributed by atoms with E-state index in [4.69, 9.17) is 4.42 Å². The van der Waals surface area contributed by atoms with Crippen LogP contribution in [0.2, 0.25) is 0 Å². The Bertz CT molecular complexity index is 1300. The maximum atomic E-state index is 13.7. The van der Waals surface area contributed by atoms with Gasteiger partial charge in [-0.05, 0) is 35.9 Å². The lowest BCUT2D eigenvalue weighted by molar-refractivity contribution is 0.0970. The number of hydrogen-bond donors (Lipinski definition) is 1. The number of phenols is 1. The van der Waals surface area contributed by atoms with Crippen LogP contribution in [0.25, 0.3) is 11.0 Å². The molecule has 3 heterocycles. The van der Waals surface area contributed by atoms with Crippen LogP contribution in [-0.4, -0.2) is 21.2 Å². The Hall–Kier alpha value is -3.59. The maximum Gasteiger partial charge on any atom is 0.297 e. The first-order valence-corrected chi connectivity index (χ1v) is 9.07. The van der Waals surface area contributed by atoms with Crippen molar-refractivity contribution in [1.82, 2.24) is 10.2 Å². The molecule has 7 nitrogen and oxygen atoms in total. The fourth-order valence-electron chi connectivity index (χ4n) is 3.42. The predicted molar refractivity (Wildman–Crippen MR) is 99.1 cm³/mol. The van der Waals surface area contributed by atoms with Gasteiger partial charge in [0, 0.05) is 0 Å². The Kier molecular flexibility index (Phi) is 3.53. The van der Waals surface area contributed by atoms with Gasteiger partial charge in [-0.15, -0.1) is 10.2 Å². The molecule has 5 rings (SSSR count). The summed E-state index contributed by atoms with van der Waals surface area (Å²) in [5.41, 5.74) is 1.64. The molecule has 0 aliphatic carbocycles. The molecule has 2 aromatic carbocycles. The summed E-state index contributed by atoms with van der Waals surface area (Å²) >= 11 is 1.13. The van der Waals surface area contributed by atoms with Crippen molar-refractivity contribution in [3.63, 3.8) is 0 Å². The van der Waals surface area contributed by atoms with Crippen molar-refractivity contribution in [3.05, 3.63) is 80.9 Å². The van der Waals surface area contributed by atoms with Crippen LogP contribution >= 0.6 is 11.3 Å². The van der Waals surface area contributed by atoms with Gasteiger partial charge in [0.25, 0.3) is 5.91 Å². The zero-order chi connectivity index (χ0) is 19.4. The van der Waals surface area contributed by atoms with Crippen LogP contribution in [-0.2, 0) is 0 Å². The summed E-state index contributed by atoms with van der Waals surface area (Å²) in [5, 5.41) is 17.9. The molecule has 28 heavy (non-hydrogen) atoms. The van der Waals surface area contributed by atoms with E-state index in [0.29, 0.717) is 5.56 Å². The lowest BCUT2D eigenvalue weighted by atomic mass is 9.98. The quantitative estimate of drug-likeness (QED) is 0.560. The van der Waals surface area contributed by atoms with E-state index in [2.05, 4.69) is 10.2 Å². The molecule has 1 unspecified atom stereocenters. The van der Waals surface area contributed by atoms with Gasteiger partial charge in [0.15, 0.2) is 5.43 Å². The minimum Gasteiger partial charge on any atom is -0.508 e. The van der Waals surface area contributed by atoms with Crippen molar-refractivity contribution in [1.29, 1.82) is 0 Å². The lowest BCUT2D eigenvalue weighted by Gasteiger charge is -2.22. The molecule has 1 N–H and O–H groups in total. The molecule has 1 atom stereocenters. The minimum atomic E-state index is -0.883. The van der Waals surface area contributed by atoms with Gasteiger partial charge in [0.1, 0.15) is 22.7 Å². The largest absolute Gasteiger partial charge is 0.508 e. The first-order chi connectivity index (χ1) is 13.5. The molecule has 1 amide bonds. The standard InChI is InChI=1S/C19H10FN3O4S/c20-10-4-5-13-12(7-10)16(25)14-15(9-2-1-3-11(24)6-9)23(18(26)17(14)27-13)19-22-21-8-28-19/h1-8,15,24H. The van der Waals surface area contributed by atoms with E-state index in [-0.39, 0.29) is 33.2 Å². The number of hydrogen-bond acceptors (Lipinski definition) is 7. The number of phenolic OH excluding ortho intramolecular Hbond substituents is 1. The monoisotopic (exact) mass is 395 g/mol. The van der Waals surface area contributed by atoms with Gasteiger partial charge >= 0.3 is 0 Å². The average Bonchev–Trinajstić information content (AvgIpc) is 3.29. The number of rotatable bonds is 2. The number of anilines is 1. The van der Waals surface area contributed by atoms with E-state index in [0.717, 1.165) is 23.5 Å². The van der Waals surface area contributed by atoms with E-state index >= 15 is 0 Å². The highest BCUT2D eigenvalue weighted by Gasteiger charge is 2.45. The molecule has 2 aromatic heterocycles. The van der Waals surface area contributed by atoms with Crippen molar-refractivity contribution >= 4 is 33.3 Å². The Morgan fingerprint density at radius 2 is 2.04 bits per heavy atom. The fraction of sp³-hybridized carbons (Fsp3) is 0.0526. The predicted octanol–water partition coefficient (Wildman–Crippen LogP) is 3.24. The third kappa shape index (κ3) is 2.33. The van der Waals surface area contributed by atoms with Crippen molar-refractivity contribution in [2.24, 2.45) is 0 Å². The Balaban J connectivity index is 1.85. The van der Waals surface area contributed by atoms with Crippen LogP contribution in [0.15, 0.2) is 57.2 Å². The number of halogens is 1. The number of carbonyl (C=O) groups is 1. The zero-order valence-corrected chi connectivity index (χ0v) is 14.8. The van der Waals surface area contributed by atoms with Gasteiger partial charge in [0.05, 0.1) is 17.0 Å². The van der Waals surface area contributed by atoms with Crippen LogP contribution in [0.4, 0.5) is 9.52 Å². The highest BCUT2D eigenvalue weighted by molar-refractivity contribution is 7.13. The molecule has 0 bridgehead atoms. The molecule has 0 saturated carbocycles. The summed E-state index contributed by atoms with van der Waals surface area (Å²) in [6.45, 7) is 0. The number of amides is 1. The second kappa shape index (κ2) is 5.96. The molecule has 0 radical (unpaired) electrons. The van der Waals surface area contributed by atoms with Crippen molar-refractivity contribution in [2.45, 2.75) is 6.04 Å². The van der Waals surface area contributed by atoms with Crippen molar-refractivity contribution in [3.8, 4) is 5.75 Å². The first kappa shape index (κ1) is 16.6. The van der Waals surface area contributed by atoms with E-state index < -0.39 is 23.2 Å². The van der Waals surface area contributed by atoms with Crippen LogP contribution in [0.3, 0.4) is 0 Å². The van der Waals surface area contributed by atoms with Crippen LogP contribution in [0.1, 0.15) is 27.7 Å². The van der Waals surface area contributed by atoms with Gasteiger partial charge in [0.2, 0.25) is 10.9 Å². The summed E-state index contributed by atoms with van der Waals surface area (Å²) in [6, 6.07) is 8.89. The number of carbonyl (C=O) groups excluding carboxylic acids is 1. The van der Waals surface area contributed by atoms with E-state index in [1.165, 1.54) is 28.6 Å². The van der Waals surface area contributed by atoms with E-state index in [9.17, 15) is 19.1 Å². The van der Waals surface area contributed by atoms with Crippen LogP contribution in [0.5, 0.6) is 5.75 Å². The second-order valence-electron chi connectivity index (χ2n) is 6.21. The number of aromatic nitrogens is 2. The van der Waals surface area contributed by atoms with Crippen molar-refractivity contribution in [2.75, 3.05) is 4.90 Å². The van der Waals surface area contributed by atoms with Gasteiger partial charge in [-0.3, -0.25) is 14.5 Å². The molecule has 1 aliphatic rings. The summed E-state index contributed by atoms with van der Waals surface area (Å²) in [5.74, 6) is -1.29. The smallest absolute Gasteiger partial charge is 0.297 e. The SMILES string of the molecule is O=C1c2oc3ccc(F)cc3c(=O)c2C(c2cccc(O)c2)N1c1nncs1. The average molecular weight is 395 g/mol. The Labute approximate surface area is 160 Å². The highest BCUT2D eigenvalue weighted by atomic mass is 32.1. The number of nitrogens with zero attached hydrogens (tertiary/aromatic N) is 3. The Morgan fingerprint density at radius 1 is 1.18 bits per heavy atom. The number of aromatic hydroxyl groups is 1. The zero-order valence-electron chi connectivity index (χ0n) is 14.0. The second-order valence-corrected chi connectivity index (χ2v) is 7.02. The number of fused-ring (bicyclic) bond motifs is 2. The first-order valence-electron chi connectivity index (χ1n) is 8.19. The summed E-state index contributed by atoms with van der Waals surface area (Å²) in [6.07, 6.45) is 0. The molecule has 138 valence electrons. The third-order valence-electron chi connectivity index (χ3n) is 4.57. The highest BCUT2D eigenvalue weighted by Crippen LogP contribution is 2.42. The molecule has 4 aromatic rings. The van der Waals surface area contributed by atoms with E-state index in [1.807, 2.05) is 0 Å². The van der Waals surface area contributed by atoms with E-state index in [1.54, 1.807) is 12.1 Å². The van der Waals surface area contributed by atoms with Gasteiger partial charge in [-0.25, -0.2) is 4.39 Å². The molecule has 0 saturated heterocycles. The topological polar surface area (TPSA) is 96.5 Å². The normalized spacial score (nSPS) is 16.0. The molecular weight excluding hydrogens is 385 g/mol. The lowest BCUT2D eigenvalue weighted by Crippen LogP contribution is -2.29. The molecule has 0 spiro atoms. The minimum absolute atomic E-state index is 0.0214. The van der Waals surface area contributed by atoms with Crippen molar-refractivity contribution < 1.29 is 18.7 Å². The fourth-order valence-corrected chi connectivity index (χ4v) is 4.01. The molecule has 9 heteroatoms. The summed E-state index contributed by atoms with van der Waals surface area (Å²) in [4.78, 5) is 27.6. The van der Waals surface area contributed by atoms with Crippen LogP contribution < -0.4 is 10.3 Å². The van der Waals surface area contributed by atoms with Gasteiger partial charge < -0.3 is 9.52 Å². The maximum absolute atomic E-state index is 13.7. The summed E-state index contributed by atoms with van der Waals surface area (Å²) < 4.78 is 19.4. The third-order valence-corrected chi connectivity index (χ3v) is 5.26. The van der Waals surface area contributed by atoms with Crippen LogP contribution in [0, 0.1) is 5.82 Å². The molecule has 1 aliphatic heterocycles. The Morgan fingerprint density at radius 3 is 2.79 bits per heavy atom. The van der Waals surface area contributed by atoms with Gasteiger partial charge in [-0.2, -0.15) is 0 Å².